The number of aliphatic hydroxyl groups is 1. The average molecular weight is 194 g/mol. The van der Waals surface area contributed by atoms with Gasteiger partial charge in [0.15, 0.2) is 0 Å². The Morgan fingerprint density at radius 1 is 1.50 bits per heavy atom. The molecule has 3 heteroatoms. The van der Waals surface area contributed by atoms with E-state index < -0.39 is 5.60 Å². The highest BCUT2D eigenvalue weighted by molar-refractivity contribution is 5.07. The van der Waals surface area contributed by atoms with Gasteiger partial charge in [0.05, 0.1) is 11.3 Å². The molecular formula is C11H18N2O. The molecule has 0 radical (unpaired) electrons. The zero-order chi connectivity index (χ0) is 10.6. The van der Waals surface area contributed by atoms with Crippen molar-refractivity contribution in [2.24, 2.45) is 0 Å². The van der Waals surface area contributed by atoms with E-state index in [0.717, 1.165) is 5.69 Å². The normalized spacial score (nSPS) is 14.0. The van der Waals surface area contributed by atoms with Crippen molar-refractivity contribution in [3.63, 3.8) is 0 Å². The fourth-order valence-corrected chi connectivity index (χ4v) is 1.14. The Balaban J connectivity index is 2.48. The van der Waals surface area contributed by atoms with Crippen molar-refractivity contribution in [2.45, 2.75) is 32.4 Å². The lowest BCUT2D eigenvalue weighted by Crippen LogP contribution is -2.36. The quantitative estimate of drug-likeness (QED) is 0.763. The van der Waals surface area contributed by atoms with Gasteiger partial charge in [0.1, 0.15) is 0 Å². The molecule has 3 nitrogen and oxygen atoms in total. The minimum absolute atomic E-state index is 0.169. The van der Waals surface area contributed by atoms with Crippen LogP contribution in [0.5, 0.6) is 0 Å². The summed E-state index contributed by atoms with van der Waals surface area (Å²) in [6.45, 7) is 6.16. The molecule has 0 fully saturated rings. The van der Waals surface area contributed by atoms with Gasteiger partial charge in [-0.25, -0.2) is 0 Å². The average Bonchev–Trinajstić information content (AvgIpc) is 2.14. The fraction of sp³-hybridized carbons (Fsp3) is 0.545. The van der Waals surface area contributed by atoms with E-state index in [1.807, 2.05) is 25.1 Å². The Bertz CT molecular complexity index is 266. The number of rotatable bonds is 4. The Labute approximate surface area is 85.2 Å². The maximum absolute atomic E-state index is 9.53. The highest BCUT2D eigenvalue weighted by Crippen LogP contribution is 2.09. The van der Waals surface area contributed by atoms with E-state index in [2.05, 4.69) is 10.3 Å². The van der Waals surface area contributed by atoms with E-state index in [4.69, 9.17) is 0 Å². The van der Waals surface area contributed by atoms with E-state index >= 15 is 0 Å². The molecule has 1 atom stereocenters. The Kier molecular flexibility index (Phi) is 3.61. The third-order valence-corrected chi connectivity index (χ3v) is 1.97. The molecule has 0 saturated heterocycles. The molecule has 14 heavy (non-hydrogen) atoms. The summed E-state index contributed by atoms with van der Waals surface area (Å²) in [7, 11) is 0. The van der Waals surface area contributed by atoms with Gasteiger partial charge in [0.25, 0.3) is 0 Å². The van der Waals surface area contributed by atoms with Gasteiger partial charge in [-0.15, -0.1) is 0 Å². The third-order valence-electron chi connectivity index (χ3n) is 1.97. The number of pyridine rings is 1. The summed E-state index contributed by atoms with van der Waals surface area (Å²) in [4.78, 5) is 4.24. The van der Waals surface area contributed by atoms with Gasteiger partial charge in [0.2, 0.25) is 0 Å². The van der Waals surface area contributed by atoms with Crippen LogP contribution in [-0.4, -0.2) is 22.2 Å². The largest absolute Gasteiger partial charge is 0.389 e. The van der Waals surface area contributed by atoms with Crippen molar-refractivity contribution in [1.29, 1.82) is 0 Å². The van der Waals surface area contributed by atoms with Crippen molar-refractivity contribution < 1.29 is 5.11 Å². The first kappa shape index (κ1) is 11.1. The van der Waals surface area contributed by atoms with Crippen LogP contribution in [0.3, 0.4) is 0 Å². The van der Waals surface area contributed by atoms with E-state index in [0.29, 0.717) is 6.54 Å². The number of aromatic nitrogens is 1. The monoisotopic (exact) mass is 194 g/mol. The van der Waals surface area contributed by atoms with Crippen LogP contribution in [0.1, 0.15) is 32.5 Å². The van der Waals surface area contributed by atoms with Gasteiger partial charge in [-0.1, -0.05) is 6.07 Å². The van der Waals surface area contributed by atoms with E-state index in [-0.39, 0.29) is 6.04 Å². The number of nitrogens with zero attached hydrogens (tertiary/aromatic N) is 1. The molecule has 0 aromatic carbocycles. The van der Waals surface area contributed by atoms with Crippen molar-refractivity contribution >= 4 is 0 Å². The fourth-order valence-electron chi connectivity index (χ4n) is 1.14. The number of hydrogen-bond donors (Lipinski definition) is 2. The second kappa shape index (κ2) is 4.53. The third kappa shape index (κ3) is 3.85. The van der Waals surface area contributed by atoms with E-state index in [1.165, 1.54) is 0 Å². The molecule has 0 aliphatic rings. The number of hydrogen-bond acceptors (Lipinski definition) is 3. The molecule has 1 heterocycles. The molecule has 0 aliphatic carbocycles. The van der Waals surface area contributed by atoms with Crippen LogP contribution in [0.15, 0.2) is 24.4 Å². The summed E-state index contributed by atoms with van der Waals surface area (Å²) in [6.07, 6.45) is 1.78. The Hall–Kier alpha value is -0.930. The maximum atomic E-state index is 9.53. The zero-order valence-electron chi connectivity index (χ0n) is 8.99. The standard InChI is InChI=1S/C11H18N2O/c1-9(13-8-11(2,3)14)10-6-4-5-7-12-10/h4-7,9,13-14H,8H2,1-3H3. The summed E-state index contributed by atoms with van der Waals surface area (Å²) in [5.41, 5.74) is 0.319. The van der Waals surface area contributed by atoms with Crippen molar-refractivity contribution in [3.05, 3.63) is 30.1 Å². The van der Waals surface area contributed by atoms with Crippen molar-refractivity contribution in [3.8, 4) is 0 Å². The Morgan fingerprint density at radius 2 is 2.21 bits per heavy atom. The first-order valence-electron chi connectivity index (χ1n) is 4.86. The molecular weight excluding hydrogens is 176 g/mol. The summed E-state index contributed by atoms with van der Waals surface area (Å²) in [6, 6.07) is 6.00. The second-order valence-corrected chi connectivity index (χ2v) is 4.17. The first-order valence-corrected chi connectivity index (χ1v) is 4.86. The highest BCUT2D eigenvalue weighted by Gasteiger charge is 2.14. The smallest absolute Gasteiger partial charge is 0.0715 e. The maximum Gasteiger partial charge on any atom is 0.0715 e. The summed E-state index contributed by atoms with van der Waals surface area (Å²) in [5.74, 6) is 0. The van der Waals surface area contributed by atoms with E-state index in [1.54, 1.807) is 20.0 Å². The van der Waals surface area contributed by atoms with Crippen molar-refractivity contribution in [2.75, 3.05) is 6.54 Å². The van der Waals surface area contributed by atoms with Gasteiger partial charge in [0, 0.05) is 18.8 Å². The molecule has 1 unspecified atom stereocenters. The van der Waals surface area contributed by atoms with Crippen LogP contribution >= 0.6 is 0 Å². The molecule has 0 saturated carbocycles. The molecule has 0 aliphatic heterocycles. The molecule has 1 rings (SSSR count). The molecule has 0 amide bonds. The lowest BCUT2D eigenvalue weighted by atomic mass is 10.1. The Morgan fingerprint density at radius 3 is 2.71 bits per heavy atom. The predicted molar refractivity (Wildman–Crippen MR) is 57.0 cm³/mol. The SMILES string of the molecule is CC(NCC(C)(C)O)c1ccccn1. The molecule has 78 valence electrons. The summed E-state index contributed by atoms with van der Waals surface area (Å²) in [5, 5.41) is 12.8. The van der Waals surface area contributed by atoms with Gasteiger partial charge in [-0.05, 0) is 32.9 Å². The van der Waals surface area contributed by atoms with Crippen LogP contribution in [0.4, 0.5) is 0 Å². The lowest BCUT2D eigenvalue weighted by Gasteiger charge is -2.21. The first-order chi connectivity index (χ1) is 6.49. The van der Waals surface area contributed by atoms with E-state index in [9.17, 15) is 5.11 Å². The molecule has 1 aromatic heterocycles. The van der Waals surface area contributed by atoms with Crippen LogP contribution in [0.25, 0.3) is 0 Å². The van der Waals surface area contributed by atoms with Gasteiger partial charge in [-0.3, -0.25) is 4.98 Å². The van der Waals surface area contributed by atoms with Crippen molar-refractivity contribution in [1.82, 2.24) is 10.3 Å². The van der Waals surface area contributed by atoms with Gasteiger partial charge >= 0.3 is 0 Å². The second-order valence-electron chi connectivity index (χ2n) is 4.17. The lowest BCUT2D eigenvalue weighted by molar-refractivity contribution is 0.0769. The van der Waals surface area contributed by atoms with Gasteiger partial charge < -0.3 is 10.4 Å². The van der Waals surface area contributed by atoms with Crippen LogP contribution in [0.2, 0.25) is 0 Å². The van der Waals surface area contributed by atoms with Crippen LogP contribution in [0, 0.1) is 0 Å². The summed E-state index contributed by atoms with van der Waals surface area (Å²) < 4.78 is 0. The number of nitrogens with one attached hydrogen (secondary N) is 1. The highest BCUT2D eigenvalue weighted by atomic mass is 16.3. The minimum Gasteiger partial charge on any atom is -0.389 e. The molecule has 0 spiro atoms. The molecule has 1 aromatic rings. The van der Waals surface area contributed by atoms with Crippen LogP contribution < -0.4 is 5.32 Å². The van der Waals surface area contributed by atoms with Crippen LogP contribution in [-0.2, 0) is 0 Å². The molecule has 0 bridgehead atoms. The van der Waals surface area contributed by atoms with Gasteiger partial charge in [-0.2, -0.15) is 0 Å². The summed E-state index contributed by atoms with van der Waals surface area (Å²) >= 11 is 0. The topological polar surface area (TPSA) is 45.1 Å². The predicted octanol–water partition coefficient (Wildman–Crippen LogP) is 1.50. The zero-order valence-corrected chi connectivity index (χ0v) is 8.99. The molecule has 2 N–H and O–H groups in total. The minimum atomic E-state index is -0.678.